The molecule has 1 atom stereocenters. The van der Waals surface area contributed by atoms with Gasteiger partial charge in [-0.15, -0.1) is 0 Å². The molecule has 32 heavy (non-hydrogen) atoms. The predicted octanol–water partition coefficient (Wildman–Crippen LogP) is 5.65. The molecule has 0 saturated carbocycles. The average molecular weight is 437 g/mol. The zero-order valence-electron chi connectivity index (χ0n) is 19.0. The number of carbonyl (C=O) groups is 2. The molecule has 1 N–H and O–H groups in total. The third kappa shape index (κ3) is 5.31. The fourth-order valence-electron chi connectivity index (χ4n) is 4.05. The molecule has 1 aliphatic heterocycles. The smallest absolute Gasteiger partial charge is 0.342 e. The number of anilines is 1. The molecule has 2 aromatic rings. The van der Waals surface area contributed by atoms with Gasteiger partial charge in [-0.3, -0.25) is 9.79 Å². The van der Waals surface area contributed by atoms with Crippen LogP contribution < -0.4 is 5.32 Å². The summed E-state index contributed by atoms with van der Waals surface area (Å²) in [6.07, 6.45) is 7.47. The largest absolute Gasteiger partial charge is 0.465 e. The number of benzene rings is 2. The molecular weight excluding hydrogens is 407 g/mol. The van der Waals surface area contributed by atoms with E-state index in [1.807, 2.05) is 12.3 Å². The number of methoxy groups -OCH3 is 1. The van der Waals surface area contributed by atoms with Crippen LogP contribution in [0, 0.1) is 19.7 Å². The number of allylic oxidation sites excluding steroid dienone is 2. The lowest BCUT2D eigenvalue weighted by molar-refractivity contribution is -0.114. The standard InChI is InChI=1S/C26H29FN2O3/c1-16-9-8-10-20(17(16)2)21(23-11-6-5-7-12-28-23)13-19-14-22(27)25(26(31)32-4)24(15-19)29-18(3)30/h8-12,14-15,21H,5-7,13H2,1-4H3,(H,29,30). The zero-order chi connectivity index (χ0) is 23.3. The minimum Gasteiger partial charge on any atom is -0.465 e. The highest BCUT2D eigenvalue weighted by Crippen LogP contribution is 2.35. The number of esters is 1. The van der Waals surface area contributed by atoms with E-state index in [0.29, 0.717) is 12.0 Å². The van der Waals surface area contributed by atoms with Crippen molar-refractivity contribution in [2.24, 2.45) is 4.99 Å². The number of nitrogens with zero attached hydrogens (tertiary/aromatic N) is 1. The second-order valence-corrected chi connectivity index (χ2v) is 8.09. The molecule has 0 aromatic heterocycles. The Labute approximate surface area is 188 Å². The van der Waals surface area contributed by atoms with E-state index < -0.39 is 17.7 Å². The summed E-state index contributed by atoms with van der Waals surface area (Å²) in [4.78, 5) is 28.5. The van der Waals surface area contributed by atoms with Crippen molar-refractivity contribution in [1.29, 1.82) is 0 Å². The van der Waals surface area contributed by atoms with Crippen molar-refractivity contribution >= 4 is 23.8 Å². The zero-order valence-corrected chi connectivity index (χ0v) is 19.0. The van der Waals surface area contributed by atoms with Crippen molar-refractivity contribution in [2.45, 2.75) is 52.4 Å². The van der Waals surface area contributed by atoms with Crippen molar-refractivity contribution in [1.82, 2.24) is 0 Å². The van der Waals surface area contributed by atoms with E-state index in [9.17, 15) is 9.59 Å². The number of rotatable bonds is 6. The molecule has 0 radical (unpaired) electrons. The van der Waals surface area contributed by atoms with E-state index in [1.54, 1.807) is 6.07 Å². The molecule has 1 aliphatic rings. The summed E-state index contributed by atoms with van der Waals surface area (Å²) in [6, 6.07) is 9.17. The number of aliphatic imine (C=N–C) groups is 1. The van der Waals surface area contributed by atoms with Gasteiger partial charge in [0.05, 0.1) is 12.8 Å². The Morgan fingerprint density at radius 2 is 2.00 bits per heavy atom. The van der Waals surface area contributed by atoms with Gasteiger partial charge in [0.25, 0.3) is 0 Å². The number of nitrogens with one attached hydrogen (secondary N) is 1. The van der Waals surface area contributed by atoms with Crippen LogP contribution in [0.3, 0.4) is 0 Å². The molecule has 0 bridgehead atoms. The maximum Gasteiger partial charge on any atom is 0.342 e. The summed E-state index contributed by atoms with van der Waals surface area (Å²) in [6.45, 7) is 5.47. The van der Waals surface area contributed by atoms with Crippen LogP contribution >= 0.6 is 0 Å². The lowest BCUT2D eigenvalue weighted by Crippen LogP contribution is -2.15. The normalized spacial score (nSPS) is 14.3. The van der Waals surface area contributed by atoms with Crippen molar-refractivity contribution < 1.29 is 18.7 Å². The van der Waals surface area contributed by atoms with Crippen molar-refractivity contribution in [3.8, 4) is 0 Å². The Hall–Kier alpha value is -3.28. The van der Waals surface area contributed by atoms with Gasteiger partial charge in [-0.1, -0.05) is 24.3 Å². The van der Waals surface area contributed by atoms with Crippen LogP contribution in [0.1, 0.15) is 64.7 Å². The maximum atomic E-state index is 15.0. The Morgan fingerprint density at radius 3 is 2.72 bits per heavy atom. The van der Waals surface area contributed by atoms with E-state index >= 15 is 4.39 Å². The Morgan fingerprint density at radius 1 is 1.22 bits per heavy atom. The average Bonchev–Trinajstić information content (AvgIpc) is 3.02. The van der Waals surface area contributed by atoms with Crippen LogP contribution in [0.25, 0.3) is 0 Å². The second kappa shape index (κ2) is 10.4. The van der Waals surface area contributed by atoms with Crippen LogP contribution in [0.2, 0.25) is 0 Å². The first kappa shape index (κ1) is 23.4. The number of amides is 1. The van der Waals surface area contributed by atoms with Crippen molar-refractivity contribution in [3.05, 3.63) is 75.7 Å². The summed E-state index contributed by atoms with van der Waals surface area (Å²) >= 11 is 0. The molecule has 2 aromatic carbocycles. The number of hydrogen-bond donors (Lipinski definition) is 1. The summed E-state index contributed by atoms with van der Waals surface area (Å²) in [7, 11) is 1.18. The molecule has 0 saturated heterocycles. The number of aryl methyl sites for hydroxylation is 1. The number of ether oxygens (including phenoxy) is 1. The molecule has 1 heterocycles. The first-order chi connectivity index (χ1) is 15.3. The van der Waals surface area contributed by atoms with Gasteiger partial charge in [0.15, 0.2) is 0 Å². The molecule has 0 fully saturated rings. The molecule has 5 nitrogen and oxygen atoms in total. The van der Waals surface area contributed by atoms with E-state index in [-0.39, 0.29) is 17.2 Å². The number of halogens is 1. The van der Waals surface area contributed by atoms with Gasteiger partial charge in [0.2, 0.25) is 5.91 Å². The van der Waals surface area contributed by atoms with E-state index in [0.717, 1.165) is 30.5 Å². The Bertz CT molecular complexity index is 1090. The Balaban J connectivity index is 2.10. The molecule has 0 aliphatic carbocycles. The monoisotopic (exact) mass is 436 g/mol. The van der Waals surface area contributed by atoms with Crippen molar-refractivity contribution in [3.63, 3.8) is 0 Å². The molecular formula is C26H29FN2O3. The molecule has 1 unspecified atom stereocenters. The van der Waals surface area contributed by atoms with Gasteiger partial charge < -0.3 is 10.1 Å². The Kier molecular flexibility index (Phi) is 7.57. The maximum absolute atomic E-state index is 15.0. The van der Waals surface area contributed by atoms with Crippen molar-refractivity contribution in [2.75, 3.05) is 12.4 Å². The number of carbonyl (C=O) groups excluding carboxylic acids is 2. The number of hydrogen-bond acceptors (Lipinski definition) is 4. The first-order valence-electron chi connectivity index (χ1n) is 10.8. The second-order valence-electron chi connectivity index (χ2n) is 8.09. The third-order valence-corrected chi connectivity index (χ3v) is 5.80. The van der Waals surface area contributed by atoms with E-state index in [1.165, 1.54) is 31.2 Å². The molecule has 1 amide bonds. The quantitative estimate of drug-likeness (QED) is 0.595. The summed E-state index contributed by atoms with van der Waals surface area (Å²) in [5.41, 5.74) is 4.93. The highest BCUT2D eigenvalue weighted by Gasteiger charge is 2.24. The van der Waals surface area contributed by atoms with Gasteiger partial charge in [-0.25, -0.2) is 9.18 Å². The van der Waals surface area contributed by atoms with Crippen LogP contribution in [0.15, 0.2) is 47.1 Å². The van der Waals surface area contributed by atoms with Gasteiger partial charge in [-0.05, 0) is 73.9 Å². The SMILES string of the molecule is COC(=O)c1c(F)cc(CC(C2=CCCCC=N2)c2cccc(C)c2C)cc1NC(C)=O. The first-order valence-corrected chi connectivity index (χ1v) is 10.8. The van der Waals surface area contributed by atoms with Crippen LogP contribution in [0.4, 0.5) is 10.1 Å². The highest BCUT2D eigenvalue weighted by atomic mass is 19.1. The van der Waals surface area contributed by atoms with Gasteiger partial charge in [-0.2, -0.15) is 0 Å². The van der Waals surface area contributed by atoms with Crippen LogP contribution in [-0.2, 0) is 16.0 Å². The predicted molar refractivity (Wildman–Crippen MR) is 125 cm³/mol. The van der Waals surface area contributed by atoms with Gasteiger partial charge >= 0.3 is 5.97 Å². The molecule has 168 valence electrons. The minimum absolute atomic E-state index is 0.0854. The van der Waals surface area contributed by atoms with Gasteiger partial charge in [0, 0.05) is 24.8 Å². The third-order valence-electron chi connectivity index (χ3n) is 5.80. The lowest BCUT2D eigenvalue weighted by Gasteiger charge is -2.22. The van der Waals surface area contributed by atoms with Gasteiger partial charge in [0.1, 0.15) is 11.4 Å². The van der Waals surface area contributed by atoms with Crippen LogP contribution in [0.5, 0.6) is 0 Å². The minimum atomic E-state index is -0.833. The summed E-state index contributed by atoms with van der Waals surface area (Å²) < 4.78 is 19.7. The van der Waals surface area contributed by atoms with E-state index in [2.05, 4.69) is 37.4 Å². The molecule has 6 heteroatoms. The summed E-state index contributed by atoms with van der Waals surface area (Å²) in [5.74, 6) is -2.04. The summed E-state index contributed by atoms with van der Waals surface area (Å²) in [5, 5.41) is 2.57. The molecule has 3 rings (SSSR count). The fraction of sp³-hybridized carbons (Fsp3) is 0.346. The molecule has 0 spiro atoms. The van der Waals surface area contributed by atoms with E-state index in [4.69, 9.17) is 9.73 Å². The highest BCUT2D eigenvalue weighted by molar-refractivity contribution is 6.01. The fourth-order valence-corrected chi connectivity index (χ4v) is 4.05. The topological polar surface area (TPSA) is 67.8 Å². The van der Waals surface area contributed by atoms with Crippen LogP contribution in [-0.4, -0.2) is 25.2 Å². The lowest BCUT2D eigenvalue weighted by atomic mass is 9.84.